The predicted octanol–water partition coefficient (Wildman–Crippen LogP) is 1.39. The molecule has 64 valence electrons. The zero-order valence-electron chi connectivity index (χ0n) is 7.29. The molecule has 0 aromatic rings. The molecule has 1 saturated carbocycles. The Hall–Kier alpha value is -0.990. The number of terminal acetylenes is 1. The lowest BCUT2D eigenvalue weighted by Gasteiger charge is -2.23. The smallest absolute Gasteiger partial charge is 0.0876 e. The van der Waals surface area contributed by atoms with Crippen LogP contribution in [-0.4, -0.2) is 24.0 Å². The van der Waals surface area contributed by atoms with Crippen molar-refractivity contribution in [3.05, 3.63) is 0 Å². The summed E-state index contributed by atoms with van der Waals surface area (Å²) >= 11 is 0. The van der Waals surface area contributed by atoms with Gasteiger partial charge in [0.2, 0.25) is 0 Å². The summed E-state index contributed by atoms with van der Waals surface area (Å²) in [6.07, 6.45) is 10.2. The van der Waals surface area contributed by atoms with Crippen molar-refractivity contribution in [2.24, 2.45) is 0 Å². The van der Waals surface area contributed by atoms with Gasteiger partial charge in [0.25, 0.3) is 0 Å². The van der Waals surface area contributed by atoms with E-state index in [4.69, 9.17) is 11.7 Å². The quantitative estimate of drug-likeness (QED) is 0.463. The molecule has 0 aromatic carbocycles. The summed E-state index contributed by atoms with van der Waals surface area (Å²) in [5.74, 6) is 2.60. The SMILES string of the molecule is C#CCN(CC#N)C1CCCC1. The first-order chi connectivity index (χ1) is 5.88. The first-order valence-electron chi connectivity index (χ1n) is 4.43. The zero-order chi connectivity index (χ0) is 8.81. The maximum atomic E-state index is 8.56. The number of nitriles is 1. The normalized spacial score (nSPS) is 17.6. The molecule has 1 rings (SSSR count). The summed E-state index contributed by atoms with van der Waals surface area (Å²) < 4.78 is 0. The molecular formula is C10H14N2. The topological polar surface area (TPSA) is 27.0 Å². The van der Waals surface area contributed by atoms with Crippen LogP contribution >= 0.6 is 0 Å². The van der Waals surface area contributed by atoms with Crippen LogP contribution in [0.15, 0.2) is 0 Å². The number of rotatable bonds is 3. The van der Waals surface area contributed by atoms with Gasteiger partial charge in [0.05, 0.1) is 19.2 Å². The van der Waals surface area contributed by atoms with Gasteiger partial charge in [-0.1, -0.05) is 18.8 Å². The molecule has 1 fully saturated rings. The van der Waals surface area contributed by atoms with Crippen LogP contribution in [0, 0.1) is 23.7 Å². The van der Waals surface area contributed by atoms with Crippen molar-refractivity contribution in [3.63, 3.8) is 0 Å². The van der Waals surface area contributed by atoms with Crippen LogP contribution in [0.2, 0.25) is 0 Å². The van der Waals surface area contributed by atoms with Crippen LogP contribution < -0.4 is 0 Å². The summed E-state index contributed by atoms with van der Waals surface area (Å²) in [7, 11) is 0. The minimum absolute atomic E-state index is 0.481. The van der Waals surface area contributed by atoms with Crippen molar-refractivity contribution in [1.29, 1.82) is 5.26 Å². The highest BCUT2D eigenvalue weighted by atomic mass is 15.1. The van der Waals surface area contributed by atoms with Crippen molar-refractivity contribution in [3.8, 4) is 18.4 Å². The fraction of sp³-hybridized carbons (Fsp3) is 0.700. The maximum absolute atomic E-state index is 8.56. The lowest BCUT2D eigenvalue weighted by Crippen LogP contribution is -2.33. The van der Waals surface area contributed by atoms with E-state index >= 15 is 0 Å². The van der Waals surface area contributed by atoms with Crippen LogP contribution in [0.5, 0.6) is 0 Å². The Kier molecular flexibility index (Phi) is 3.64. The molecule has 0 saturated heterocycles. The van der Waals surface area contributed by atoms with Gasteiger partial charge in [0.15, 0.2) is 0 Å². The minimum Gasteiger partial charge on any atom is -0.276 e. The fourth-order valence-electron chi connectivity index (χ4n) is 1.79. The van der Waals surface area contributed by atoms with Gasteiger partial charge in [-0.15, -0.1) is 6.42 Å². The Morgan fingerprint density at radius 2 is 2.00 bits per heavy atom. The average Bonchev–Trinajstić information content (AvgIpc) is 2.56. The largest absolute Gasteiger partial charge is 0.276 e. The minimum atomic E-state index is 0.481. The van der Waals surface area contributed by atoms with E-state index in [1.54, 1.807) is 0 Å². The van der Waals surface area contributed by atoms with Crippen LogP contribution in [0.1, 0.15) is 25.7 Å². The van der Waals surface area contributed by atoms with Crippen LogP contribution in [0.4, 0.5) is 0 Å². The maximum Gasteiger partial charge on any atom is 0.0876 e. The van der Waals surface area contributed by atoms with Gasteiger partial charge in [0.1, 0.15) is 0 Å². The highest BCUT2D eigenvalue weighted by Gasteiger charge is 2.21. The van der Waals surface area contributed by atoms with Crippen molar-refractivity contribution in [2.45, 2.75) is 31.7 Å². The fourth-order valence-corrected chi connectivity index (χ4v) is 1.79. The first-order valence-corrected chi connectivity index (χ1v) is 4.43. The summed E-state index contributed by atoms with van der Waals surface area (Å²) in [6.45, 7) is 1.10. The van der Waals surface area contributed by atoms with Crippen molar-refractivity contribution in [1.82, 2.24) is 4.90 Å². The van der Waals surface area contributed by atoms with E-state index in [0.29, 0.717) is 19.1 Å². The second-order valence-electron chi connectivity index (χ2n) is 3.21. The Morgan fingerprint density at radius 1 is 1.33 bits per heavy atom. The van der Waals surface area contributed by atoms with Crippen molar-refractivity contribution < 1.29 is 0 Å². The molecule has 0 N–H and O–H groups in total. The molecule has 0 aromatic heterocycles. The predicted molar refractivity (Wildman–Crippen MR) is 48.3 cm³/mol. The van der Waals surface area contributed by atoms with Gasteiger partial charge in [-0.2, -0.15) is 5.26 Å². The van der Waals surface area contributed by atoms with Crippen LogP contribution in [-0.2, 0) is 0 Å². The molecule has 2 heteroatoms. The van der Waals surface area contributed by atoms with Gasteiger partial charge in [0, 0.05) is 6.04 Å². The first kappa shape index (κ1) is 9.10. The van der Waals surface area contributed by atoms with Crippen molar-refractivity contribution in [2.75, 3.05) is 13.1 Å². The van der Waals surface area contributed by atoms with Crippen LogP contribution in [0.25, 0.3) is 0 Å². The third-order valence-corrected chi connectivity index (χ3v) is 2.41. The van der Waals surface area contributed by atoms with E-state index < -0.39 is 0 Å². The standard InChI is InChI=1S/C10H14N2/c1-2-8-12(9-7-11)10-5-3-4-6-10/h1,10H,3-6,8-9H2. The van der Waals surface area contributed by atoms with E-state index in [1.165, 1.54) is 25.7 Å². The highest BCUT2D eigenvalue weighted by molar-refractivity contribution is 4.94. The van der Waals surface area contributed by atoms with Gasteiger partial charge in [-0.05, 0) is 12.8 Å². The van der Waals surface area contributed by atoms with Gasteiger partial charge >= 0.3 is 0 Å². The monoisotopic (exact) mass is 162 g/mol. The lowest BCUT2D eigenvalue weighted by molar-refractivity contribution is 0.250. The van der Waals surface area contributed by atoms with Gasteiger partial charge in [-0.3, -0.25) is 4.90 Å². The number of nitrogens with zero attached hydrogens (tertiary/aromatic N) is 2. The molecule has 0 atom stereocenters. The molecule has 0 heterocycles. The van der Waals surface area contributed by atoms with Crippen molar-refractivity contribution >= 4 is 0 Å². The third-order valence-electron chi connectivity index (χ3n) is 2.41. The van der Waals surface area contributed by atoms with Gasteiger partial charge in [-0.25, -0.2) is 0 Å². The molecule has 0 radical (unpaired) electrons. The summed E-state index contributed by atoms with van der Waals surface area (Å²) in [5, 5.41) is 8.56. The van der Waals surface area contributed by atoms with E-state index in [0.717, 1.165) is 0 Å². The number of hydrogen-bond donors (Lipinski definition) is 0. The highest BCUT2D eigenvalue weighted by Crippen LogP contribution is 2.22. The Bertz CT molecular complexity index is 187. The van der Waals surface area contributed by atoms with Gasteiger partial charge < -0.3 is 0 Å². The van der Waals surface area contributed by atoms with E-state index in [-0.39, 0.29) is 0 Å². The molecule has 0 unspecified atom stereocenters. The Morgan fingerprint density at radius 3 is 2.50 bits per heavy atom. The molecule has 1 aliphatic rings. The Balaban J connectivity index is 2.42. The summed E-state index contributed by atoms with van der Waals surface area (Å²) in [4.78, 5) is 2.10. The summed E-state index contributed by atoms with van der Waals surface area (Å²) in [6, 6.07) is 2.73. The van der Waals surface area contributed by atoms with E-state index in [9.17, 15) is 0 Å². The Labute approximate surface area is 74.2 Å². The molecule has 0 bridgehead atoms. The summed E-state index contributed by atoms with van der Waals surface area (Å²) in [5.41, 5.74) is 0. The molecule has 0 amide bonds. The second kappa shape index (κ2) is 4.80. The van der Waals surface area contributed by atoms with Crippen LogP contribution in [0.3, 0.4) is 0 Å². The lowest BCUT2D eigenvalue weighted by atomic mass is 10.2. The van der Waals surface area contributed by atoms with E-state index in [1.807, 2.05) is 0 Å². The average molecular weight is 162 g/mol. The second-order valence-corrected chi connectivity index (χ2v) is 3.21. The molecule has 0 aliphatic heterocycles. The molecule has 12 heavy (non-hydrogen) atoms. The molecule has 1 aliphatic carbocycles. The number of hydrogen-bond acceptors (Lipinski definition) is 2. The van der Waals surface area contributed by atoms with E-state index in [2.05, 4.69) is 16.9 Å². The molecule has 2 nitrogen and oxygen atoms in total. The third kappa shape index (κ3) is 2.26. The zero-order valence-corrected chi connectivity index (χ0v) is 7.29. The molecular weight excluding hydrogens is 148 g/mol. The molecule has 0 spiro atoms.